The van der Waals surface area contributed by atoms with Gasteiger partial charge in [-0.1, -0.05) is 0 Å². The van der Waals surface area contributed by atoms with Gasteiger partial charge in [-0.15, -0.1) is 0 Å². The lowest BCUT2D eigenvalue weighted by atomic mass is 9.79. The number of aryl methyl sites for hydroxylation is 1. The summed E-state index contributed by atoms with van der Waals surface area (Å²) in [7, 11) is 0. The van der Waals surface area contributed by atoms with Crippen molar-refractivity contribution in [2.24, 2.45) is 11.8 Å². The minimum atomic E-state index is -0.0892. The average Bonchev–Trinajstić information content (AvgIpc) is 2.90. The molecule has 3 atom stereocenters. The van der Waals surface area contributed by atoms with Crippen LogP contribution in [0.3, 0.4) is 0 Å². The highest BCUT2D eigenvalue weighted by Crippen LogP contribution is 2.41. The van der Waals surface area contributed by atoms with Crippen LogP contribution in [-0.4, -0.2) is 30.4 Å². The summed E-state index contributed by atoms with van der Waals surface area (Å²) in [6.45, 7) is 4.41. The predicted molar refractivity (Wildman–Crippen MR) is 75.9 cm³/mol. The Hall–Kier alpha value is -1.01. The number of nitrogens with zero attached hydrogens (tertiary/aromatic N) is 1. The van der Waals surface area contributed by atoms with Gasteiger partial charge in [0, 0.05) is 32.0 Å². The largest absolute Gasteiger partial charge is 0.378 e. The SMILES string of the molecule is Cc1ccncc1C(NN)C1CCOC2(CCOC2)C1. The van der Waals surface area contributed by atoms with Crippen molar-refractivity contribution in [3.05, 3.63) is 29.6 Å². The maximum atomic E-state index is 6.01. The Balaban J connectivity index is 1.81. The molecule has 0 radical (unpaired) electrons. The van der Waals surface area contributed by atoms with Crippen LogP contribution in [0.15, 0.2) is 18.5 Å². The van der Waals surface area contributed by atoms with E-state index in [9.17, 15) is 0 Å². The van der Waals surface area contributed by atoms with Crippen molar-refractivity contribution >= 4 is 0 Å². The van der Waals surface area contributed by atoms with Gasteiger partial charge in [0.15, 0.2) is 0 Å². The maximum Gasteiger partial charge on any atom is 0.0940 e. The second-order valence-electron chi connectivity index (χ2n) is 5.96. The van der Waals surface area contributed by atoms with Crippen LogP contribution in [0.25, 0.3) is 0 Å². The van der Waals surface area contributed by atoms with Crippen molar-refractivity contribution in [3.8, 4) is 0 Å². The lowest BCUT2D eigenvalue weighted by Crippen LogP contribution is -2.45. The Morgan fingerprint density at radius 3 is 3.10 bits per heavy atom. The van der Waals surface area contributed by atoms with Crippen LogP contribution >= 0.6 is 0 Å². The molecule has 0 aromatic carbocycles. The molecular formula is C15H23N3O2. The van der Waals surface area contributed by atoms with Crippen LogP contribution in [0.2, 0.25) is 0 Å². The molecule has 2 saturated heterocycles. The van der Waals surface area contributed by atoms with Crippen LogP contribution in [0.1, 0.15) is 36.4 Å². The molecule has 3 heterocycles. The summed E-state index contributed by atoms with van der Waals surface area (Å²) < 4.78 is 11.5. The van der Waals surface area contributed by atoms with Gasteiger partial charge in [0.05, 0.1) is 18.2 Å². The summed E-state index contributed by atoms with van der Waals surface area (Å²) in [5.41, 5.74) is 5.33. The van der Waals surface area contributed by atoms with Crippen molar-refractivity contribution in [2.45, 2.75) is 37.8 Å². The molecule has 2 aliphatic heterocycles. The van der Waals surface area contributed by atoms with Crippen LogP contribution < -0.4 is 11.3 Å². The summed E-state index contributed by atoms with van der Waals surface area (Å²) in [5.74, 6) is 6.30. The second-order valence-corrected chi connectivity index (χ2v) is 5.96. The molecule has 0 aliphatic carbocycles. The Morgan fingerprint density at radius 2 is 2.40 bits per heavy atom. The number of pyridine rings is 1. The van der Waals surface area contributed by atoms with Gasteiger partial charge in [0.1, 0.15) is 0 Å². The zero-order chi connectivity index (χ0) is 14.0. The molecule has 0 bridgehead atoms. The molecule has 0 saturated carbocycles. The third kappa shape index (κ3) is 2.59. The summed E-state index contributed by atoms with van der Waals surface area (Å²) in [4.78, 5) is 4.25. The average molecular weight is 277 g/mol. The van der Waals surface area contributed by atoms with Crippen molar-refractivity contribution in [1.29, 1.82) is 0 Å². The van der Waals surface area contributed by atoms with Crippen molar-refractivity contribution in [1.82, 2.24) is 10.4 Å². The molecule has 1 aromatic rings. The van der Waals surface area contributed by atoms with Crippen molar-refractivity contribution in [3.63, 3.8) is 0 Å². The van der Waals surface area contributed by atoms with Crippen LogP contribution in [0.4, 0.5) is 0 Å². The summed E-state index contributed by atoms with van der Waals surface area (Å²) in [6, 6.07) is 2.16. The van der Waals surface area contributed by atoms with E-state index in [4.69, 9.17) is 15.3 Å². The van der Waals surface area contributed by atoms with Crippen LogP contribution in [0.5, 0.6) is 0 Å². The standard InChI is InChI=1S/C15H23N3O2/c1-11-2-5-17-9-13(11)14(18-16)12-3-6-20-15(8-12)4-7-19-10-15/h2,5,9,12,14,18H,3-4,6-8,10,16H2,1H3. The fraction of sp³-hybridized carbons (Fsp3) is 0.667. The summed E-state index contributed by atoms with van der Waals surface area (Å²) >= 11 is 0. The predicted octanol–water partition coefficient (Wildman–Crippen LogP) is 1.48. The molecule has 3 N–H and O–H groups in total. The number of nitrogens with one attached hydrogen (secondary N) is 1. The van der Waals surface area contributed by atoms with E-state index in [1.807, 2.05) is 18.5 Å². The van der Waals surface area contributed by atoms with Gasteiger partial charge < -0.3 is 9.47 Å². The van der Waals surface area contributed by atoms with Gasteiger partial charge in [-0.3, -0.25) is 16.3 Å². The fourth-order valence-electron chi connectivity index (χ4n) is 3.50. The third-order valence-corrected chi connectivity index (χ3v) is 4.66. The first kappa shape index (κ1) is 13.9. The maximum absolute atomic E-state index is 6.01. The van der Waals surface area contributed by atoms with Gasteiger partial charge in [0.25, 0.3) is 0 Å². The van der Waals surface area contributed by atoms with Gasteiger partial charge >= 0.3 is 0 Å². The van der Waals surface area contributed by atoms with Crippen LogP contribution in [0, 0.1) is 12.8 Å². The molecule has 110 valence electrons. The highest BCUT2D eigenvalue weighted by atomic mass is 16.6. The minimum absolute atomic E-state index is 0.0892. The number of hydrogen-bond acceptors (Lipinski definition) is 5. The first-order chi connectivity index (χ1) is 9.74. The number of aromatic nitrogens is 1. The zero-order valence-corrected chi connectivity index (χ0v) is 12.0. The molecule has 3 rings (SSSR count). The van der Waals surface area contributed by atoms with E-state index in [-0.39, 0.29) is 11.6 Å². The van der Waals surface area contributed by atoms with E-state index in [0.29, 0.717) is 12.5 Å². The highest BCUT2D eigenvalue weighted by molar-refractivity contribution is 5.26. The zero-order valence-electron chi connectivity index (χ0n) is 12.0. The van der Waals surface area contributed by atoms with Crippen LogP contribution in [-0.2, 0) is 9.47 Å². The van der Waals surface area contributed by atoms with Gasteiger partial charge in [-0.2, -0.15) is 0 Å². The topological polar surface area (TPSA) is 69.4 Å². The van der Waals surface area contributed by atoms with E-state index < -0.39 is 0 Å². The van der Waals surface area contributed by atoms with E-state index in [0.717, 1.165) is 32.5 Å². The van der Waals surface area contributed by atoms with Gasteiger partial charge in [-0.25, -0.2) is 0 Å². The third-order valence-electron chi connectivity index (χ3n) is 4.66. The van der Waals surface area contributed by atoms with E-state index in [1.165, 1.54) is 11.1 Å². The summed E-state index contributed by atoms with van der Waals surface area (Å²) in [6.07, 6.45) is 6.75. The molecule has 1 spiro atoms. The normalized spacial score (nSPS) is 31.6. The number of ether oxygens (including phenoxy) is 2. The van der Waals surface area contributed by atoms with Crippen molar-refractivity contribution < 1.29 is 9.47 Å². The number of hydrogen-bond donors (Lipinski definition) is 2. The van der Waals surface area contributed by atoms with Gasteiger partial charge in [-0.05, 0) is 42.9 Å². The highest BCUT2D eigenvalue weighted by Gasteiger charge is 2.43. The first-order valence-corrected chi connectivity index (χ1v) is 7.32. The molecule has 20 heavy (non-hydrogen) atoms. The molecule has 1 aromatic heterocycles. The van der Waals surface area contributed by atoms with E-state index in [2.05, 4.69) is 17.3 Å². The Labute approximate surface area is 119 Å². The number of nitrogens with two attached hydrogens (primary N) is 1. The quantitative estimate of drug-likeness (QED) is 0.647. The van der Waals surface area contributed by atoms with E-state index in [1.54, 1.807) is 0 Å². The lowest BCUT2D eigenvalue weighted by Gasteiger charge is -2.40. The first-order valence-electron chi connectivity index (χ1n) is 7.32. The fourth-order valence-corrected chi connectivity index (χ4v) is 3.50. The monoisotopic (exact) mass is 277 g/mol. The second kappa shape index (κ2) is 5.77. The van der Waals surface area contributed by atoms with Gasteiger partial charge in [0.2, 0.25) is 0 Å². The molecule has 5 nitrogen and oxygen atoms in total. The molecule has 5 heteroatoms. The smallest absolute Gasteiger partial charge is 0.0940 e. The number of rotatable bonds is 3. The minimum Gasteiger partial charge on any atom is -0.378 e. The Bertz CT molecular complexity index is 460. The molecule has 0 amide bonds. The molecule has 2 fully saturated rings. The summed E-state index contributed by atoms with van der Waals surface area (Å²) in [5, 5.41) is 0. The molecular weight excluding hydrogens is 254 g/mol. The Morgan fingerprint density at radius 1 is 1.50 bits per heavy atom. The Kier molecular flexibility index (Phi) is 4.03. The van der Waals surface area contributed by atoms with E-state index >= 15 is 0 Å². The molecule has 2 aliphatic rings. The molecule has 3 unspecified atom stereocenters. The lowest BCUT2D eigenvalue weighted by molar-refractivity contribution is -0.103. The van der Waals surface area contributed by atoms with Crippen molar-refractivity contribution in [2.75, 3.05) is 19.8 Å². The number of hydrazine groups is 1.